The van der Waals surface area contributed by atoms with Gasteiger partial charge in [0.25, 0.3) is 0 Å². The zero-order valence-corrected chi connectivity index (χ0v) is 9.91. The normalized spacial score (nSPS) is 26.2. The number of hydrogen-bond donors (Lipinski definition) is 1. The predicted molar refractivity (Wildman–Crippen MR) is 53.4 cm³/mol. The quantitative estimate of drug-likeness (QED) is 0.717. The van der Waals surface area contributed by atoms with Gasteiger partial charge in [-0.25, -0.2) is 4.79 Å². The Bertz CT molecular complexity index is 298. The molecular weight excluding hydrogens is 239 g/mol. The van der Waals surface area contributed by atoms with Crippen LogP contribution in [0.5, 0.6) is 0 Å². The highest BCUT2D eigenvalue weighted by Crippen LogP contribution is 2.34. The number of halogens is 3. The molecule has 1 aliphatic rings. The number of aliphatic hydroxyl groups is 1. The van der Waals surface area contributed by atoms with Crippen LogP contribution in [-0.4, -0.2) is 47.1 Å². The molecule has 1 saturated heterocycles. The lowest BCUT2D eigenvalue weighted by Gasteiger charge is -2.24. The van der Waals surface area contributed by atoms with E-state index in [4.69, 9.17) is 4.74 Å². The number of nitrogens with zero attached hydrogens (tertiary/aromatic N) is 1. The van der Waals surface area contributed by atoms with E-state index in [0.717, 1.165) is 4.90 Å². The molecule has 1 heterocycles. The molecule has 2 atom stereocenters. The summed E-state index contributed by atoms with van der Waals surface area (Å²) in [5, 5.41) is 9.27. The van der Waals surface area contributed by atoms with Crippen LogP contribution >= 0.6 is 0 Å². The van der Waals surface area contributed by atoms with Crippen molar-refractivity contribution in [3.63, 3.8) is 0 Å². The second-order valence-electron chi connectivity index (χ2n) is 5.10. The molecule has 0 radical (unpaired) electrons. The van der Waals surface area contributed by atoms with Crippen LogP contribution in [0, 0.1) is 5.92 Å². The smallest absolute Gasteiger partial charge is 0.410 e. The number of amides is 1. The van der Waals surface area contributed by atoms with Crippen molar-refractivity contribution in [3.05, 3.63) is 0 Å². The molecule has 0 aromatic carbocycles. The first kappa shape index (κ1) is 14.1. The van der Waals surface area contributed by atoms with Gasteiger partial charge in [0.1, 0.15) is 11.5 Å². The second kappa shape index (κ2) is 4.36. The van der Waals surface area contributed by atoms with Gasteiger partial charge < -0.3 is 14.7 Å². The van der Waals surface area contributed by atoms with Crippen molar-refractivity contribution in [1.29, 1.82) is 0 Å². The molecule has 0 aliphatic carbocycles. The van der Waals surface area contributed by atoms with Crippen molar-refractivity contribution in [2.45, 2.75) is 38.7 Å². The first-order chi connectivity index (χ1) is 7.50. The van der Waals surface area contributed by atoms with E-state index in [1.54, 1.807) is 20.8 Å². The molecule has 0 saturated carbocycles. The van der Waals surface area contributed by atoms with Crippen molar-refractivity contribution in [1.82, 2.24) is 4.90 Å². The Hall–Kier alpha value is -0.980. The number of likely N-dealkylation sites (tertiary alicyclic amines) is 1. The summed E-state index contributed by atoms with van der Waals surface area (Å²) in [7, 11) is 0. The van der Waals surface area contributed by atoms with Gasteiger partial charge in [-0.2, -0.15) is 13.2 Å². The lowest BCUT2D eigenvalue weighted by molar-refractivity contribution is -0.188. The Morgan fingerprint density at radius 3 is 2.18 bits per heavy atom. The molecular formula is C10H16F3NO3. The van der Waals surface area contributed by atoms with Crippen LogP contribution in [0.2, 0.25) is 0 Å². The van der Waals surface area contributed by atoms with Crippen LogP contribution in [-0.2, 0) is 4.74 Å². The fourth-order valence-electron chi connectivity index (χ4n) is 1.58. The van der Waals surface area contributed by atoms with Gasteiger partial charge in [-0.3, -0.25) is 0 Å². The van der Waals surface area contributed by atoms with E-state index in [1.807, 2.05) is 0 Å². The van der Waals surface area contributed by atoms with Crippen LogP contribution < -0.4 is 0 Å². The second-order valence-corrected chi connectivity index (χ2v) is 5.10. The summed E-state index contributed by atoms with van der Waals surface area (Å²) in [6, 6.07) is 0. The number of carbonyl (C=O) groups excluding carboxylic acids is 1. The topological polar surface area (TPSA) is 49.8 Å². The fraction of sp³-hybridized carbons (Fsp3) is 0.900. The van der Waals surface area contributed by atoms with E-state index in [9.17, 15) is 23.1 Å². The SMILES string of the molecule is CC(C)(C)OC(=O)N1CC(O)[C@H](C(F)(F)F)C1. The van der Waals surface area contributed by atoms with E-state index in [0.29, 0.717) is 0 Å². The van der Waals surface area contributed by atoms with Gasteiger partial charge in [0, 0.05) is 6.54 Å². The summed E-state index contributed by atoms with van der Waals surface area (Å²) >= 11 is 0. The molecule has 1 unspecified atom stereocenters. The van der Waals surface area contributed by atoms with Crippen LogP contribution in [0.25, 0.3) is 0 Å². The molecule has 1 amide bonds. The summed E-state index contributed by atoms with van der Waals surface area (Å²) in [5.74, 6) is -1.89. The number of aliphatic hydroxyl groups excluding tert-OH is 1. The summed E-state index contributed by atoms with van der Waals surface area (Å²) in [4.78, 5) is 12.4. The third-order valence-electron chi connectivity index (χ3n) is 2.36. The van der Waals surface area contributed by atoms with Crippen LogP contribution in [0.15, 0.2) is 0 Å². The minimum absolute atomic E-state index is 0.348. The Morgan fingerprint density at radius 1 is 1.29 bits per heavy atom. The number of carbonyl (C=O) groups is 1. The molecule has 1 rings (SSSR count). The van der Waals surface area contributed by atoms with Gasteiger partial charge in [-0.05, 0) is 20.8 Å². The van der Waals surface area contributed by atoms with Gasteiger partial charge in [0.15, 0.2) is 0 Å². The minimum atomic E-state index is -4.50. The number of rotatable bonds is 0. The predicted octanol–water partition coefficient (Wildman–Crippen LogP) is 1.78. The fourth-order valence-corrected chi connectivity index (χ4v) is 1.58. The number of β-amino-alcohol motifs (C(OH)–C–C–N with tert-alkyl or cyclic N) is 1. The Morgan fingerprint density at radius 2 is 1.82 bits per heavy atom. The Kier molecular flexibility index (Phi) is 3.61. The molecule has 0 aromatic rings. The number of ether oxygens (including phenoxy) is 1. The molecule has 7 heteroatoms. The Labute approximate surface area is 97.3 Å². The summed E-state index contributed by atoms with van der Waals surface area (Å²) < 4.78 is 42.3. The largest absolute Gasteiger partial charge is 0.444 e. The number of alkyl halides is 3. The van der Waals surface area contributed by atoms with Crippen molar-refractivity contribution >= 4 is 6.09 Å². The molecule has 17 heavy (non-hydrogen) atoms. The average molecular weight is 255 g/mol. The average Bonchev–Trinajstić information content (AvgIpc) is 2.42. The summed E-state index contributed by atoms with van der Waals surface area (Å²) in [5.41, 5.74) is -0.766. The van der Waals surface area contributed by atoms with Crippen molar-refractivity contribution in [3.8, 4) is 0 Å². The van der Waals surface area contributed by atoms with Crippen molar-refractivity contribution < 1.29 is 27.8 Å². The summed E-state index contributed by atoms with van der Waals surface area (Å²) in [6.07, 6.45) is -6.92. The molecule has 4 nitrogen and oxygen atoms in total. The maximum absolute atomic E-state index is 12.4. The zero-order valence-electron chi connectivity index (χ0n) is 9.91. The van der Waals surface area contributed by atoms with Gasteiger partial charge in [-0.15, -0.1) is 0 Å². The molecule has 0 bridgehead atoms. The third kappa shape index (κ3) is 3.76. The molecule has 0 aromatic heterocycles. The highest BCUT2D eigenvalue weighted by molar-refractivity contribution is 5.68. The van der Waals surface area contributed by atoms with E-state index >= 15 is 0 Å². The van der Waals surface area contributed by atoms with Gasteiger partial charge in [0.2, 0.25) is 0 Å². The lowest BCUT2D eigenvalue weighted by Crippen LogP contribution is -2.36. The van der Waals surface area contributed by atoms with Crippen LogP contribution in [0.1, 0.15) is 20.8 Å². The highest BCUT2D eigenvalue weighted by atomic mass is 19.4. The van der Waals surface area contributed by atoms with E-state index in [2.05, 4.69) is 0 Å². The monoisotopic (exact) mass is 255 g/mol. The molecule has 1 aliphatic heterocycles. The lowest BCUT2D eigenvalue weighted by atomic mass is 10.1. The van der Waals surface area contributed by atoms with Crippen LogP contribution in [0.3, 0.4) is 0 Å². The number of hydrogen-bond acceptors (Lipinski definition) is 3. The minimum Gasteiger partial charge on any atom is -0.444 e. The maximum Gasteiger partial charge on any atom is 0.410 e. The van der Waals surface area contributed by atoms with Crippen molar-refractivity contribution in [2.75, 3.05) is 13.1 Å². The first-order valence-electron chi connectivity index (χ1n) is 5.23. The zero-order chi connectivity index (χ0) is 13.4. The summed E-state index contributed by atoms with van der Waals surface area (Å²) in [6.45, 7) is 3.97. The standard InChI is InChI=1S/C10H16F3NO3/c1-9(2,3)17-8(16)14-4-6(7(15)5-14)10(11,12)13/h6-7,15H,4-5H2,1-3H3/t6-,7?/m1/s1. The van der Waals surface area contributed by atoms with Crippen molar-refractivity contribution in [2.24, 2.45) is 5.92 Å². The highest BCUT2D eigenvalue weighted by Gasteiger charge is 2.50. The van der Waals surface area contributed by atoms with Gasteiger partial charge >= 0.3 is 12.3 Å². The van der Waals surface area contributed by atoms with E-state index in [1.165, 1.54) is 0 Å². The molecule has 100 valence electrons. The molecule has 1 N–H and O–H groups in total. The van der Waals surface area contributed by atoms with E-state index in [-0.39, 0.29) is 6.54 Å². The van der Waals surface area contributed by atoms with Crippen LogP contribution in [0.4, 0.5) is 18.0 Å². The first-order valence-corrected chi connectivity index (χ1v) is 5.23. The Balaban J connectivity index is 2.63. The van der Waals surface area contributed by atoms with E-state index < -0.39 is 36.4 Å². The molecule has 0 spiro atoms. The van der Waals surface area contributed by atoms with Gasteiger partial charge in [0.05, 0.1) is 12.6 Å². The molecule has 1 fully saturated rings. The van der Waals surface area contributed by atoms with Gasteiger partial charge in [-0.1, -0.05) is 0 Å². The third-order valence-corrected chi connectivity index (χ3v) is 2.36. The maximum atomic E-state index is 12.4.